The van der Waals surface area contributed by atoms with E-state index in [9.17, 15) is 13.6 Å². The van der Waals surface area contributed by atoms with Gasteiger partial charge in [0, 0.05) is 6.07 Å². The molecular formula is C16H13F2N3OS. The summed E-state index contributed by atoms with van der Waals surface area (Å²) in [5.74, 6) is -1.68. The van der Waals surface area contributed by atoms with Gasteiger partial charge in [0.15, 0.2) is 5.16 Å². The van der Waals surface area contributed by atoms with Gasteiger partial charge in [0.05, 0.1) is 22.5 Å². The van der Waals surface area contributed by atoms with Crippen molar-refractivity contribution in [3.05, 3.63) is 53.6 Å². The minimum absolute atomic E-state index is 0.0365. The van der Waals surface area contributed by atoms with Crippen molar-refractivity contribution in [1.29, 1.82) is 0 Å². The van der Waals surface area contributed by atoms with Gasteiger partial charge in [-0.1, -0.05) is 17.8 Å². The van der Waals surface area contributed by atoms with Gasteiger partial charge in [-0.25, -0.2) is 13.8 Å². The molecule has 1 aromatic heterocycles. The van der Waals surface area contributed by atoms with Crippen molar-refractivity contribution in [3.63, 3.8) is 0 Å². The molecule has 0 radical (unpaired) electrons. The average molecular weight is 333 g/mol. The van der Waals surface area contributed by atoms with Crippen LogP contribution in [0.3, 0.4) is 0 Å². The number of thioether (sulfide) groups is 1. The molecule has 0 aliphatic rings. The fraction of sp³-hybridized carbons (Fsp3) is 0.125. The Kier molecular flexibility index (Phi) is 4.29. The number of hydrogen-bond donors (Lipinski definition) is 2. The van der Waals surface area contributed by atoms with Crippen LogP contribution in [0.5, 0.6) is 0 Å². The molecule has 118 valence electrons. The Morgan fingerprint density at radius 1 is 1.26 bits per heavy atom. The maximum Gasteiger partial charge on any atom is 0.234 e. The molecule has 0 saturated carbocycles. The van der Waals surface area contributed by atoms with Crippen LogP contribution in [-0.2, 0) is 4.79 Å². The van der Waals surface area contributed by atoms with E-state index in [0.717, 1.165) is 34.8 Å². The first-order chi connectivity index (χ1) is 11.0. The monoisotopic (exact) mass is 333 g/mol. The van der Waals surface area contributed by atoms with Crippen LogP contribution in [0.1, 0.15) is 5.56 Å². The van der Waals surface area contributed by atoms with Gasteiger partial charge in [-0.3, -0.25) is 4.79 Å². The first-order valence-corrected chi connectivity index (χ1v) is 7.84. The number of rotatable bonds is 4. The average Bonchev–Trinajstić information content (AvgIpc) is 2.91. The fourth-order valence-electron chi connectivity index (χ4n) is 2.08. The predicted octanol–water partition coefficient (Wildman–Crippen LogP) is 3.88. The summed E-state index contributed by atoms with van der Waals surface area (Å²) in [4.78, 5) is 19.3. The number of benzene rings is 2. The molecule has 1 heterocycles. The Balaban J connectivity index is 1.64. The van der Waals surface area contributed by atoms with Crippen molar-refractivity contribution >= 4 is 34.4 Å². The molecule has 0 unspecified atom stereocenters. The molecule has 4 nitrogen and oxygen atoms in total. The van der Waals surface area contributed by atoms with E-state index in [1.165, 1.54) is 11.8 Å². The van der Waals surface area contributed by atoms with E-state index >= 15 is 0 Å². The van der Waals surface area contributed by atoms with E-state index in [1.807, 2.05) is 25.1 Å². The molecule has 3 rings (SSSR count). The van der Waals surface area contributed by atoms with Crippen LogP contribution in [0.4, 0.5) is 14.5 Å². The third-order valence-electron chi connectivity index (χ3n) is 3.16. The molecule has 2 aromatic carbocycles. The van der Waals surface area contributed by atoms with Crippen LogP contribution >= 0.6 is 11.8 Å². The largest absolute Gasteiger partial charge is 0.333 e. The summed E-state index contributed by atoms with van der Waals surface area (Å²) in [6.45, 7) is 1.98. The number of aryl methyl sites for hydroxylation is 1. The van der Waals surface area contributed by atoms with Crippen molar-refractivity contribution in [1.82, 2.24) is 9.97 Å². The number of fused-ring (bicyclic) bond motifs is 1. The summed E-state index contributed by atoms with van der Waals surface area (Å²) in [5.41, 5.74) is 2.65. The number of aromatic amines is 1. The summed E-state index contributed by atoms with van der Waals surface area (Å²) in [5, 5.41) is 2.95. The lowest BCUT2D eigenvalue weighted by molar-refractivity contribution is -0.113. The first kappa shape index (κ1) is 15.5. The van der Waals surface area contributed by atoms with Crippen molar-refractivity contribution in [2.45, 2.75) is 12.1 Å². The standard InChI is InChI=1S/C16H13F2N3OS/c1-9-2-5-12-14(6-9)21-16(20-12)23-8-15(22)19-13-7-10(17)3-4-11(13)18/h2-7H,8H2,1H3,(H,19,22)(H,20,21). The molecule has 0 aliphatic carbocycles. The minimum Gasteiger partial charge on any atom is -0.333 e. The fourth-order valence-corrected chi connectivity index (χ4v) is 2.77. The van der Waals surface area contributed by atoms with Gasteiger partial charge in [-0.2, -0.15) is 0 Å². The second-order valence-corrected chi connectivity index (χ2v) is 5.99. The highest BCUT2D eigenvalue weighted by molar-refractivity contribution is 7.99. The lowest BCUT2D eigenvalue weighted by Crippen LogP contribution is -2.15. The third kappa shape index (κ3) is 3.68. The molecule has 7 heteroatoms. The highest BCUT2D eigenvalue weighted by Gasteiger charge is 2.10. The van der Waals surface area contributed by atoms with Gasteiger partial charge >= 0.3 is 0 Å². The van der Waals surface area contributed by atoms with E-state index in [4.69, 9.17) is 0 Å². The van der Waals surface area contributed by atoms with Gasteiger partial charge in [0.25, 0.3) is 0 Å². The highest BCUT2D eigenvalue weighted by atomic mass is 32.2. The first-order valence-electron chi connectivity index (χ1n) is 6.85. The SMILES string of the molecule is Cc1ccc2nc(SCC(=O)Nc3cc(F)ccc3F)[nH]c2c1. The quantitative estimate of drug-likeness (QED) is 0.712. The Bertz CT molecular complexity index is 879. The van der Waals surface area contributed by atoms with Crippen molar-refractivity contribution in [3.8, 4) is 0 Å². The Morgan fingerprint density at radius 2 is 2.09 bits per heavy atom. The van der Waals surface area contributed by atoms with E-state index in [0.29, 0.717) is 5.16 Å². The van der Waals surface area contributed by atoms with Crippen LogP contribution in [-0.4, -0.2) is 21.6 Å². The number of anilines is 1. The van der Waals surface area contributed by atoms with Crippen LogP contribution < -0.4 is 5.32 Å². The van der Waals surface area contributed by atoms with Gasteiger partial charge in [-0.05, 0) is 36.8 Å². The molecule has 3 aromatic rings. The van der Waals surface area contributed by atoms with E-state index in [2.05, 4.69) is 15.3 Å². The van der Waals surface area contributed by atoms with E-state index < -0.39 is 17.5 Å². The lowest BCUT2D eigenvalue weighted by Gasteiger charge is -2.05. The van der Waals surface area contributed by atoms with Gasteiger partial charge in [0.2, 0.25) is 5.91 Å². The van der Waals surface area contributed by atoms with Crippen molar-refractivity contribution < 1.29 is 13.6 Å². The molecule has 1 amide bonds. The number of nitrogens with zero attached hydrogens (tertiary/aromatic N) is 1. The number of H-pyrrole nitrogens is 1. The van der Waals surface area contributed by atoms with Crippen LogP contribution in [0.25, 0.3) is 11.0 Å². The Morgan fingerprint density at radius 3 is 2.91 bits per heavy atom. The summed E-state index contributed by atoms with van der Waals surface area (Å²) >= 11 is 1.19. The summed E-state index contributed by atoms with van der Waals surface area (Å²) < 4.78 is 26.5. The minimum atomic E-state index is -0.677. The zero-order valence-corrected chi connectivity index (χ0v) is 13.0. The normalized spacial score (nSPS) is 10.9. The van der Waals surface area contributed by atoms with Crippen molar-refractivity contribution in [2.75, 3.05) is 11.1 Å². The van der Waals surface area contributed by atoms with Crippen LogP contribution in [0.2, 0.25) is 0 Å². The molecule has 2 N–H and O–H groups in total. The molecule has 0 aliphatic heterocycles. The zero-order chi connectivity index (χ0) is 16.4. The Labute approximate surface area is 135 Å². The number of carbonyl (C=O) groups is 1. The second kappa shape index (κ2) is 6.37. The zero-order valence-electron chi connectivity index (χ0n) is 12.2. The van der Waals surface area contributed by atoms with Gasteiger partial charge in [-0.15, -0.1) is 0 Å². The number of halogens is 2. The third-order valence-corrected chi connectivity index (χ3v) is 4.03. The molecular weight excluding hydrogens is 320 g/mol. The highest BCUT2D eigenvalue weighted by Crippen LogP contribution is 2.21. The molecule has 0 saturated heterocycles. The molecule has 0 fully saturated rings. The maximum absolute atomic E-state index is 13.5. The predicted molar refractivity (Wildman–Crippen MR) is 86.5 cm³/mol. The number of aromatic nitrogens is 2. The molecule has 0 bridgehead atoms. The lowest BCUT2D eigenvalue weighted by atomic mass is 10.2. The molecule has 23 heavy (non-hydrogen) atoms. The number of hydrogen-bond acceptors (Lipinski definition) is 3. The van der Waals surface area contributed by atoms with Crippen molar-refractivity contribution in [2.24, 2.45) is 0 Å². The van der Waals surface area contributed by atoms with Crippen LogP contribution in [0.15, 0.2) is 41.6 Å². The number of nitrogens with one attached hydrogen (secondary N) is 2. The summed E-state index contributed by atoms with van der Waals surface area (Å²) in [6.07, 6.45) is 0. The number of amides is 1. The summed E-state index contributed by atoms with van der Waals surface area (Å²) in [6, 6.07) is 8.73. The number of imidazole rings is 1. The van der Waals surface area contributed by atoms with Gasteiger partial charge in [0.1, 0.15) is 11.6 Å². The van der Waals surface area contributed by atoms with E-state index in [-0.39, 0.29) is 11.4 Å². The second-order valence-electron chi connectivity index (χ2n) is 5.02. The van der Waals surface area contributed by atoms with Crippen LogP contribution in [0, 0.1) is 18.6 Å². The Hall–Kier alpha value is -2.41. The van der Waals surface area contributed by atoms with Gasteiger partial charge < -0.3 is 10.3 Å². The maximum atomic E-state index is 13.5. The summed E-state index contributed by atoms with van der Waals surface area (Å²) in [7, 11) is 0. The molecule has 0 spiro atoms. The molecule has 0 atom stereocenters. The van der Waals surface area contributed by atoms with E-state index in [1.54, 1.807) is 0 Å². The smallest absolute Gasteiger partial charge is 0.234 e. The number of carbonyl (C=O) groups excluding carboxylic acids is 1. The topological polar surface area (TPSA) is 57.8 Å².